The van der Waals surface area contributed by atoms with Gasteiger partial charge >= 0.3 is 5.97 Å². The molecule has 0 fully saturated rings. The van der Waals surface area contributed by atoms with Crippen molar-refractivity contribution >= 4 is 49.6 Å². The molecule has 1 amide bonds. The predicted molar refractivity (Wildman–Crippen MR) is 81.0 cm³/mol. The lowest BCUT2D eigenvalue weighted by Crippen LogP contribution is -2.16. The van der Waals surface area contributed by atoms with E-state index >= 15 is 0 Å². The Morgan fingerprint density at radius 2 is 1.90 bits per heavy atom. The van der Waals surface area contributed by atoms with Crippen molar-refractivity contribution in [3.05, 3.63) is 56.6 Å². The second kappa shape index (κ2) is 6.15. The summed E-state index contributed by atoms with van der Waals surface area (Å²) in [6, 6.07) is 7.94. The van der Waals surface area contributed by atoms with Crippen LogP contribution >= 0.6 is 31.9 Å². The van der Waals surface area contributed by atoms with Crippen molar-refractivity contribution in [3.8, 4) is 0 Å². The van der Waals surface area contributed by atoms with Gasteiger partial charge in [0.05, 0.1) is 5.56 Å². The maximum Gasteiger partial charge on any atom is 0.339 e. The zero-order chi connectivity index (χ0) is 14.7. The highest BCUT2D eigenvalue weighted by Gasteiger charge is 2.16. The lowest BCUT2D eigenvalue weighted by atomic mass is 10.2. The summed E-state index contributed by atoms with van der Waals surface area (Å²) in [5.74, 6) is -1.58. The number of anilines is 1. The second-order valence-corrected chi connectivity index (χ2v) is 5.55. The maximum atomic E-state index is 12.1. The highest BCUT2D eigenvalue weighted by atomic mass is 79.9. The molecule has 0 spiro atoms. The molecule has 1 aromatic heterocycles. The average molecular weight is 400 g/mol. The molecule has 20 heavy (non-hydrogen) atoms. The fraction of sp³-hybridized carbons (Fsp3) is 0. The number of rotatable bonds is 3. The Kier molecular flexibility index (Phi) is 4.51. The molecule has 2 N–H and O–H groups in total. The van der Waals surface area contributed by atoms with E-state index in [2.05, 4.69) is 42.2 Å². The molecule has 0 saturated heterocycles. The van der Waals surface area contributed by atoms with Crippen LogP contribution in [-0.4, -0.2) is 22.0 Å². The Morgan fingerprint density at radius 3 is 2.55 bits per heavy atom. The number of hydrogen-bond donors (Lipinski definition) is 2. The number of benzene rings is 1. The lowest BCUT2D eigenvalue weighted by molar-refractivity contribution is 0.0697. The maximum absolute atomic E-state index is 12.1. The van der Waals surface area contributed by atoms with Gasteiger partial charge in [-0.1, -0.05) is 15.9 Å². The molecule has 7 heteroatoms. The molecule has 102 valence electrons. The third-order valence-corrected chi connectivity index (χ3v) is 3.60. The van der Waals surface area contributed by atoms with Gasteiger partial charge in [-0.05, 0) is 46.3 Å². The molecule has 0 saturated carbocycles. The van der Waals surface area contributed by atoms with Gasteiger partial charge < -0.3 is 10.4 Å². The molecule has 0 aliphatic rings. The number of carboxylic acids is 1. The number of aromatic nitrogens is 1. The summed E-state index contributed by atoms with van der Waals surface area (Å²) >= 11 is 6.57. The number of amides is 1. The van der Waals surface area contributed by atoms with Crippen molar-refractivity contribution in [1.29, 1.82) is 0 Å². The van der Waals surface area contributed by atoms with Gasteiger partial charge in [0, 0.05) is 15.1 Å². The first-order valence-corrected chi connectivity index (χ1v) is 7.02. The Bertz CT molecular complexity index is 689. The van der Waals surface area contributed by atoms with Gasteiger partial charge in [-0.3, -0.25) is 4.79 Å². The van der Waals surface area contributed by atoms with Crippen molar-refractivity contribution in [1.82, 2.24) is 4.98 Å². The highest BCUT2D eigenvalue weighted by Crippen LogP contribution is 2.23. The minimum Gasteiger partial charge on any atom is -0.478 e. The lowest BCUT2D eigenvalue weighted by Gasteiger charge is -2.08. The summed E-state index contributed by atoms with van der Waals surface area (Å²) in [6.07, 6.45) is 1.42. The van der Waals surface area contributed by atoms with Crippen LogP contribution in [0.2, 0.25) is 0 Å². The third-order valence-electron chi connectivity index (χ3n) is 2.45. The minimum atomic E-state index is -1.15. The van der Waals surface area contributed by atoms with Gasteiger partial charge in [0.15, 0.2) is 0 Å². The monoisotopic (exact) mass is 398 g/mol. The third kappa shape index (κ3) is 3.23. The predicted octanol–water partition coefficient (Wildman–Crippen LogP) is 3.56. The summed E-state index contributed by atoms with van der Waals surface area (Å²) in [6.45, 7) is 0. The Morgan fingerprint density at radius 1 is 1.15 bits per heavy atom. The largest absolute Gasteiger partial charge is 0.478 e. The first-order chi connectivity index (χ1) is 9.49. The summed E-state index contributed by atoms with van der Waals surface area (Å²) in [5.41, 5.74) is 0.323. The van der Waals surface area contributed by atoms with Crippen LogP contribution in [0.15, 0.2) is 45.5 Å². The number of hydrogen-bond acceptors (Lipinski definition) is 3. The Hall–Kier alpha value is -1.73. The quantitative estimate of drug-likeness (QED) is 0.826. The van der Waals surface area contributed by atoms with Crippen LogP contribution in [0.4, 0.5) is 5.82 Å². The second-order valence-electron chi connectivity index (χ2n) is 3.78. The molecule has 0 unspecified atom stereocenters. The smallest absolute Gasteiger partial charge is 0.339 e. The van der Waals surface area contributed by atoms with E-state index in [-0.39, 0.29) is 11.4 Å². The number of pyridine rings is 1. The Balaban J connectivity index is 2.30. The van der Waals surface area contributed by atoms with Crippen LogP contribution in [-0.2, 0) is 0 Å². The standard InChI is InChI=1S/C13H8Br2N2O3/c14-7-3-4-8(10(15)6-7)12(18)17-11-9(13(19)20)2-1-5-16-11/h1-6H,(H,19,20)(H,16,17,18). The number of carbonyl (C=O) groups excluding carboxylic acids is 1. The van der Waals surface area contributed by atoms with E-state index in [0.717, 1.165) is 4.47 Å². The fourth-order valence-electron chi connectivity index (χ4n) is 1.53. The molecule has 0 atom stereocenters. The molecule has 1 aromatic carbocycles. The van der Waals surface area contributed by atoms with Gasteiger partial charge in [0.25, 0.3) is 5.91 Å². The number of carboxylic acid groups (broad SMARTS) is 1. The van der Waals surface area contributed by atoms with E-state index in [1.54, 1.807) is 18.2 Å². The molecule has 2 aromatic rings. The summed E-state index contributed by atoms with van der Waals surface area (Å²) < 4.78 is 1.42. The molecule has 0 aliphatic heterocycles. The Labute approximate surface area is 131 Å². The summed E-state index contributed by atoms with van der Waals surface area (Å²) in [4.78, 5) is 27.1. The minimum absolute atomic E-state index is 0.0137. The fourth-order valence-corrected chi connectivity index (χ4v) is 2.75. The molecular weight excluding hydrogens is 392 g/mol. The average Bonchev–Trinajstić information content (AvgIpc) is 2.38. The molecule has 1 heterocycles. The van der Waals surface area contributed by atoms with E-state index in [4.69, 9.17) is 5.11 Å². The number of carbonyl (C=O) groups is 2. The van der Waals surface area contributed by atoms with E-state index in [1.165, 1.54) is 18.3 Å². The normalized spacial score (nSPS) is 10.1. The van der Waals surface area contributed by atoms with E-state index in [1.807, 2.05) is 0 Å². The van der Waals surface area contributed by atoms with Gasteiger partial charge in [-0.15, -0.1) is 0 Å². The first kappa shape index (κ1) is 14.7. The van der Waals surface area contributed by atoms with Crippen molar-refractivity contribution in [2.24, 2.45) is 0 Å². The summed E-state index contributed by atoms with van der Waals surface area (Å²) in [5, 5.41) is 11.5. The van der Waals surface area contributed by atoms with E-state index in [0.29, 0.717) is 10.0 Å². The van der Waals surface area contributed by atoms with Crippen LogP contribution in [0.5, 0.6) is 0 Å². The zero-order valence-electron chi connectivity index (χ0n) is 9.93. The van der Waals surface area contributed by atoms with Crippen molar-refractivity contribution in [2.75, 3.05) is 5.32 Å². The topological polar surface area (TPSA) is 79.3 Å². The number of aromatic carboxylic acids is 1. The van der Waals surface area contributed by atoms with Crippen LogP contribution in [0.3, 0.4) is 0 Å². The molecule has 5 nitrogen and oxygen atoms in total. The number of halogens is 2. The van der Waals surface area contributed by atoms with Crippen molar-refractivity contribution in [3.63, 3.8) is 0 Å². The SMILES string of the molecule is O=C(Nc1ncccc1C(=O)O)c1ccc(Br)cc1Br. The van der Waals surface area contributed by atoms with Gasteiger partial charge in [0.2, 0.25) is 0 Å². The van der Waals surface area contributed by atoms with Gasteiger partial charge in [-0.2, -0.15) is 0 Å². The van der Waals surface area contributed by atoms with Crippen molar-refractivity contribution < 1.29 is 14.7 Å². The van der Waals surface area contributed by atoms with Crippen LogP contribution in [0.25, 0.3) is 0 Å². The molecular formula is C13H8Br2N2O3. The molecule has 0 aliphatic carbocycles. The summed E-state index contributed by atoms with van der Waals surface area (Å²) in [7, 11) is 0. The molecule has 0 radical (unpaired) electrons. The number of nitrogens with one attached hydrogen (secondary N) is 1. The first-order valence-electron chi connectivity index (χ1n) is 5.44. The van der Waals surface area contributed by atoms with Crippen LogP contribution < -0.4 is 5.32 Å². The van der Waals surface area contributed by atoms with Gasteiger partial charge in [-0.25, -0.2) is 9.78 Å². The molecule has 0 bridgehead atoms. The van der Waals surface area contributed by atoms with E-state index < -0.39 is 11.9 Å². The highest BCUT2D eigenvalue weighted by molar-refractivity contribution is 9.11. The zero-order valence-corrected chi connectivity index (χ0v) is 13.1. The van der Waals surface area contributed by atoms with Crippen LogP contribution in [0.1, 0.15) is 20.7 Å². The van der Waals surface area contributed by atoms with Gasteiger partial charge in [0.1, 0.15) is 11.4 Å². The van der Waals surface area contributed by atoms with Crippen LogP contribution in [0, 0.1) is 0 Å². The van der Waals surface area contributed by atoms with Crippen molar-refractivity contribution in [2.45, 2.75) is 0 Å². The number of nitrogens with zero attached hydrogens (tertiary/aromatic N) is 1. The molecule has 2 rings (SSSR count). The van der Waals surface area contributed by atoms with E-state index in [9.17, 15) is 9.59 Å².